The number of anilines is 1. The molecular formula is C6H5FN4. The molecule has 56 valence electrons. The van der Waals surface area contributed by atoms with Gasteiger partial charge in [0.1, 0.15) is 5.82 Å². The smallest absolute Gasteiger partial charge is 0.146 e. The van der Waals surface area contributed by atoms with Gasteiger partial charge in [0.2, 0.25) is 0 Å². The van der Waals surface area contributed by atoms with Gasteiger partial charge in [-0.05, 0) is 23.7 Å². The lowest BCUT2D eigenvalue weighted by Gasteiger charge is -1.95. The van der Waals surface area contributed by atoms with Crippen LogP contribution in [0.4, 0.5) is 15.8 Å². The highest BCUT2D eigenvalue weighted by atomic mass is 19.1. The first kappa shape index (κ1) is 7.37. The molecule has 0 bridgehead atoms. The van der Waals surface area contributed by atoms with E-state index in [-0.39, 0.29) is 5.69 Å². The lowest BCUT2D eigenvalue weighted by atomic mass is 10.3. The number of nitrogen functional groups attached to an aromatic ring is 1. The monoisotopic (exact) mass is 152 g/mol. The first-order chi connectivity index (χ1) is 5.24. The van der Waals surface area contributed by atoms with E-state index in [0.29, 0.717) is 5.69 Å². The van der Waals surface area contributed by atoms with Crippen LogP contribution in [0.2, 0.25) is 0 Å². The zero-order chi connectivity index (χ0) is 8.27. The number of azide groups is 1. The van der Waals surface area contributed by atoms with Crippen molar-refractivity contribution in [3.63, 3.8) is 0 Å². The third-order valence-electron chi connectivity index (χ3n) is 1.14. The first-order valence-electron chi connectivity index (χ1n) is 2.84. The number of hydrogen-bond acceptors (Lipinski definition) is 2. The Morgan fingerprint density at radius 1 is 1.55 bits per heavy atom. The molecule has 1 aromatic carbocycles. The van der Waals surface area contributed by atoms with Crippen molar-refractivity contribution in [2.45, 2.75) is 0 Å². The minimum atomic E-state index is -0.512. The predicted molar refractivity (Wildman–Crippen MR) is 39.6 cm³/mol. The summed E-state index contributed by atoms with van der Waals surface area (Å²) in [7, 11) is 0. The molecule has 0 saturated carbocycles. The number of nitrogens with two attached hydrogens (primary N) is 1. The summed E-state index contributed by atoms with van der Waals surface area (Å²) in [4.78, 5) is 2.52. The van der Waals surface area contributed by atoms with Gasteiger partial charge in [-0.25, -0.2) is 4.39 Å². The Kier molecular flexibility index (Phi) is 1.94. The van der Waals surface area contributed by atoms with E-state index >= 15 is 0 Å². The highest BCUT2D eigenvalue weighted by molar-refractivity contribution is 5.51. The molecule has 11 heavy (non-hydrogen) atoms. The van der Waals surface area contributed by atoms with Gasteiger partial charge in [0.25, 0.3) is 0 Å². The van der Waals surface area contributed by atoms with Crippen molar-refractivity contribution in [1.29, 1.82) is 0 Å². The molecule has 0 aliphatic carbocycles. The Morgan fingerprint density at radius 3 is 2.82 bits per heavy atom. The van der Waals surface area contributed by atoms with Crippen molar-refractivity contribution in [2.75, 3.05) is 5.73 Å². The number of rotatable bonds is 1. The Balaban J connectivity index is 3.14. The molecule has 0 aliphatic heterocycles. The highest BCUT2D eigenvalue weighted by Crippen LogP contribution is 2.18. The van der Waals surface area contributed by atoms with Crippen molar-refractivity contribution in [3.05, 3.63) is 34.5 Å². The average Bonchev–Trinajstić information content (AvgIpc) is 1.98. The number of hydrogen-bond donors (Lipinski definition) is 1. The zero-order valence-electron chi connectivity index (χ0n) is 5.53. The van der Waals surface area contributed by atoms with Crippen LogP contribution in [0.15, 0.2) is 23.3 Å². The molecule has 0 amide bonds. The van der Waals surface area contributed by atoms with Gasteiger partial charge in [-0.1, -0.05) is 5.11 Å². The molecule has 1 aromatic rings. The summed E-state index contributed by atoms with van der Waals surface area (Å²) in [6.07, 6.45) is 0. The Bertz CT molecular complexity index is 316. The quantitative estimate of drug-likeness (QED) is 0.285. The van der Waals surface area contributed by atoms with Crippen LogP contribution < -0.4 is 5.73 Å². The number of nitrogens with zero attached hydrogens (tertiary/aromatic N) is 3. The molecule has 0 unspecified atom stereocenters. The zero-order valence-corrected chi connectivity index (χ0v) is 5.53. The molecule has 1 rings (SSSR count). The molecule has 0 saturated heterocycles. The summed E-state index contributed by atoms with van der Waals surface area (Å²) in [6, 6.07) is 3.78. The number of benzene rings is 1. The fourth-order valence-corrected chi connectivity index (χ4v) is 0.645. The summed E-state index contributed by atoms with van der Waals surface area (Å²) >= 11 is 0. The second kappa shape index (κ2) is 2.90. The van der Waals surface area contributed by atoms with Crippen LogP contribution in [-0.4, -0.2) is 0 Å². The molecule has 0 fully saturated rings. The van der Waals surface area contributed by atoms with E-state index in [1.54, 1.807) is 0 Å². The van der Waals surface area contributed by atoms with Gasteiger partial charge >= 0.3 is 0 Å². The molecule has 0 heterocycles. The van der Waals surface area contributed by atoms with E-state index in [1.807, 2.05) is 0 Å². The summed E-state index contributed by atoms with van der Waals surface area (Å²) in [6.45, 7) is 0. The standard InChI is InChI=1S/C6H5FN4/c7-5-2-1-4(10-11-9)3-6(5)8/h1-3H,8H2. The Labute approximate surface area is 62.1 Å². The van der Waals surface area contributed by atoms with Gasteiger partial charge in [0.05, 0.1) is 5.69 Å². The van der Waals surface area contributed by atoms with Gasteiger partial charge in [-0.2, -0.15) is 0 Å². The SMILES string of the molecule is [N-]=[N+]=Nc1ccc(F)c(N)c1. The average molecular weight is 152 g/mol. The van der Waals surface area contributed by atoms with Crippen LogP contribution in [0.3, 0.4) is 0 Å². The van der Waals surface area contributed by atoms with E-state index < -0.39 is 5.82 Å². The number of halogens is 1. The van der Waals surface area contributed by atoms with Gasteiger partial charge in [0, 0.05) is 10.6 Å². The van der Waals surface area contributed by atoms with E-state index in [4.69, 9.17) is 11.3 Å². The molecule has 0 spiro atoms. The predicted octanol–water partition coefficient (Wildman–Crippen LogP) is 2.35. The lowest BCUT2D eigenvalue weighted by Crippen LogP contribution is -1.87. The third kappa shape index (κ3) is 1.59. The minimum Gasteiger partial charge on any atom is -0.396 e. The van der Waals surface area contributed by atoms with E-state index in [1.165, 1.54) is 12.1 Å². The van der Waals surface area contributed by atoms with Crippen LogP contribution in [0.5, 0.6) is 0 Å². The normalized spacial score (nSPS) is 8.82. The molecule has 0 aromatic heterocycles. The fourth-order valence-electron chi connectivity index (χ4n) is 0.645. The molecule has 4 nitrogen and oxygen atoms in total. The fraction of sp³-hybridized carbons (Fsp3) is 0. The Hall–Kier alpha value is -1.74. The van der Waals surface area contributed by atoms with Crippen molar-refractivity contribution >= 4 is 11.4 Å². The molecule has 5 heteroatoms. The molecule has 0 radical (unpaired) electrons. The van der Waals surface area contributed by atoms with Crippen LogP contribution >= 0.6 is 0 Å². The molecule has 0 aliphatic rings. The van der Waals surface area contributed by atoms with Crippen molar-refractivity contribution < 1.29 is 4.39 Å². The van der Waals surface area contributed by atoms with Crippen LogP contribution in [0.25, 0.3) is 10.4 Å². The van der Waals surface area contributed by atoms with Crippen molar-refractivity contribution in [1.82, 2.24) is 0 Å². The van der Waals surface area contributed by atoms with Crippen LogP contribution in [-0.2, 0) is 0 Å². The van der Waals surface area contributed by atoms with Gasteiger partial charge in [-0.15, -0.1) is 0 Å². The second-order valence-electron chi connectivity index (χ2n) is 1.90. The summed E-state index contributed by atoms with van der Waals surface area (Å²) < 4.78 is 12.5. The highest BCUT2D eigenvalue weighted by Gasteiger charge is 1.96. The van der Waals surface area contributed by atoms with Gasteiger partial charge < -0.3 is 5.73 Å². The maximum absolute atomic E-state index is 12.5. The van der Waals surface area contributed by atoms with Crippen LogP contribution in [0.1, 0.15) is 0 Å². The van der Waals surface area contributed by atoms with E-state index in [9.17, 15) is 4.39 Å². The summed E-state index contributed by atoms with van der Waals surface area (Å²) in [5, 5.41) is 3.24. The largest absolute Gasteiger partial charge is 0.396 e. The van der Waals surface area contributed by atoms with Gasteiger partial charge in [0.15, 0.2) is 0 Å². The molecule has 2 N–H and O–H groups in total. The topological polar surface area (TPSA) is 74.8 Å². The minimum absolute atomic E-state index is 0.0186. The maximum Gasteiger partial charge on any atom is 0.146 e. The van der Waals surface area contributed by atoms with Crippen molar-refractivity contribution in [2.24, 2.45) is 5.11 Å². The third-order valence-corrected chi connectivity index (χ3v) is 1.14. The lowest BCUT2D eigenvalue weighted by molar-refractivity contribution is 0.632. The summed E-state index contributed by atoms with van der Waals surface area (Å²) in [5.74, 6) is -0.512. The maximum atomic E-state index is 12.5. The van der Waals surface area contributed by atoms with E-state index in [0.717, 1.165) is 6.07 Å². The van der Waals surface area contributed by atoms with E-state index in [2.05, 4.69) is 10.0 Å². The second-order valence-corrected chi connectivity index (χ2v) is 1.90. The molecular weight excluding hydrogens is 147 g/mol. The first-order valence-corrected chi connectivity index (χ1v) is 2.84. The van der Waals surface area contributed by atoms with Crippen molar-refractivity contribution in [3.8, 4) is 0 Å². The molecule has 0 atom stereocenters. The van der Waals surface area contributed by atoms with Crippen LogP contribution in [0, 0.1) is 5.82 Å². The van der Waals surface area contributed by atoms with Gasteiger partial charge in [-0.3, -0.25) is 0 Å². The summed E-state index contributed by atoms with van der Waals surface area (Å²) in [5.41, 5.74) is 13.5. The Morgan fingerprint density at radius 2 is 2.27 bits per heavy atom.